The number of alkyl carbamates (subject to hydrolysis) is 1. The van der Waals surface area contributed by atoms with Crippen LogP contribution >= 0.6 is 0 Å². The molecule has 1 saturated heterocycles. The molecule has 1 aliphatic heterocycles. The molecule has 0 aromatic heterocycles. The van der Waals surface area contributed by atoms with Crippen LogP contribution in [0, 0.1) is 0 Å². The lowest BCUT2D eigenvalue weighted by molar-refractivity contribution is -0.118. The second-order valence-corrected chi connectivity index (χ2v) is 12.3. The summed E-state index contributed by atoms with van der Waals surface area (Å²) in [5, 5.41) is 15.3. The van der Waals surface area contributed by atoms with E-state index in [0.29, 0.717) is 25.3 Å². The lowest BCUT2D eigenvalue weighted by Crippen LogP contribution is -2.48. The molecule has 4 amide bonds. The van der Waals surface area contributed by atoms with Gasteiger partial charge in [-0.05, 0) is 67.0 Å². The fourth-order valence-electron chi connectivity index (χ4n) is 6.33. The van der Waals surface area contributed by atoms with Gasteiger partial charge in [0.2, 0.25) is 5.91 Å². The minimum atomic E-state index is -0.945. The van der Waals surface area contributed by atoms with E-state index in [4.69, 9.17) is 9.47 Å². The molecular weight excluding hydrogens is 630 g/mol. The Hall–Kier alpha value is -5.19. The van der Waals surface area contributed by atoms with Crippen LogP contribution in [0.25, 0.3) is 0 Å². The molecule has 0 spiro atoms. The molecule has 4 aromatic rings. The highest BCUT2D eigenvalue weighted by molar-refractivity contribution is 5.98. The molecule has 0 radical (unpaired) electrons. The molecule has 0 bridgehead atoms. The van der Waals surface area contributed by atoms with Gasteiger partial charge in [-0.1, -0.05) is 97.1 Å². The molecule has 262 valence electrons. The van der Waals surface area contributed by atoms with Crippen molar-refractivity contribution < 1.29 is 23.9 Å². The van der Waals surface area contributed by atoms with E-state index in [-0.39, 0.29) is 24.1 Å². The van der Waals surface area contributed by atoms with Crippen LogP contribution < -0.4 is 26.6 Å². The van der Waals surface area contributed by atoms with Crippen molar-refractivity contribution in [1.29, 1.82) is 0 Å². The smallest absolute Gasteiger partial charge is 0.407 e. The molecule has 5 rings (SSSR count). The monoisotopic (exact) mass is 677 g/mol. The number of carbonyl (C=O) groups is 3. The van der Waals surface area contributed by atoms with Gasteiger partial charge >= 0.3 is 12.1 Å². The molecule has 3 atom stereocenters. The van der Waals surface area contributed by atoms with E-state index in [1.54, 1.807) is 0 Å². The van der Waals surface area contributed by atoms with Gasteiger partial charge in [0.1, 0.15) is 6.04 Å². The summed E-state index contributed by atoms with van der Waals surface area (Å²) in [5.41, 5.74) is 5.37. The Bertz CT molecular complexity index is 1640. The highest BCUT2D eigenvalue weighted by Gasteiger charge is 2.33. The maximum absolute atomic E-state index is 14.1. The Kier molecular flexibility index (Phi) is 13.4. The van der Waals surface area contributed by atoms with Crippen molar-refractivity contribution in [3.05, 3.63) is 131 Å². The molecule has 10 nitrogen and oxygen atoms in total. The number of methoxy groups -OCH3 is 1. The summed E-state index contributed by atoms with van der Waals surface area (Å²) in [6, 6.07) is 34.0. The third-order valence-electron chi connectivity index (χ3n) is 8.94. The maximum Gasteiger partial charge on any atom is 0.407 e. The standard InChI is InChI=1S/C40H47N5O5/c1-3-41-39(47)44-35-21-13-11-14-28(35)22-24-32-27-50-33(26-42-32)25-23-29-15-10-12-20-34(29)43-38(46)37(45-40(48)49-2)36(30-16-6-4-7-17-30)31-18-8-5-9-19-31/h4-21,32-33,36-37,42H,3,22-27H2,1-2H3,(H,43,46)(H,45,48)(H2,41,44,47)/t32-,33-,37+/m1/s1. The molecule has 0 unspecified atom stereocenters. The van der Waals surface area contributed by atoms with E-state index in [9.17, 15) is 14.4 Å². The van der Waals surface area contributed by atoms with Crippen molar-refractivity contribution in [3.8, 4) is 0 Å². The number of hydrogen-bond donors (Lipinski definition) is 5. The van der Waals surface area contributed by atoms with Crippen LogP contribution in [0.5, 0.6) is 0 Å². The summed E-state index contributed by atoms with van der Waals surface area (Å²) in [7, 11) is 1.29. The summed E-state index contributed by atoms with van der Waals surface area (Å²) >= 11 is 0. The van der Waals surface area contributed by atoms with Crippen LogP contribution in [0.4, 0.5) is 21.0 Å². The van der Waals surface area contributed by atoms with Gasteiger partial charge in [0.15, 0.2) is 0 Å². The van der Waals surface area contributed by atoms with Gasteiger partial charge in [-0.15, -0.1) is 0 Å². The van der Waals surface area contributed by atoms with E-state index < -0.39 is 18.1 Å². The number of rotatable bonds is 14. The van der Waals surface area contributed by atoms with Crippen molar-refractivity contribution in [3.63, 3.8) is 0 Å². The average Bonchev–Trinajstić information content (AvgIpc) is 3.15. The summed E-state index contributed by atoms with van der Waals surface area (Å²) in [6.07, 6.45) is 2.49. The largest absolute Gasteiger partial charge is 0.453 e. The van der Waals surface area contributed by atoms with Crippen LogP contribution in [0.1, 0.15) is 47.9 Å². The number of morpholine rings is 1. The zero-order valence-corrected chi connectivity index (χ0v) is 28.7. The van der Waals surface area contributed by atoms with Crippen molar-refractivity contribution in [2.75, 3.05) is 37.4 Å². The van der Waals surface area contributed by atoms with Crippen LogP contribution in [0.15, 0.2) is 109 Å². The molecule has 5 N–H and O–H groups in total. The van der Waals surface area contributed by atoms with Gasteiger partial charge in [-0.3, -0.25) is 4.79 Å². The average molecular weight is 678 g/mol. The Labute approximate surface area is 294 Å². The van der Waals surface area contributed by atoms with E-state index in [0.717, 1.165) is 53.7 Å². The Morgan fingerprint density at radius 2 is 1.34 bits per heavy atom. The van der Waals surface area contributed by atoms with Crippen LogP contribution in [-0.4, -0.2) is 63.0 Å². The molecule has 50 heavy (non-hydrogen) atoms. The number of nitrogens with one attached hydrogen (secondary N) is 5. The molecule has 1 fully saturated rings. The molecule has 0 aliphatic carbocycles. The van der Waals surface area contributed by atoms with Gasteiger partial charge in [-0.2, -0.15) is 0 Å². The van der Waals surface area contributed by atoms with E-state index in [1.807, 2.05) is 116 Å². The predicted octanol–water partition coefficient (Wildman–Crippen LogP) is 6.25. The van der Waals surface area contributed by atoms with E-state index in [2.05, 4.69) is 26.6 Å². The quantitative estimate of drug-likeness (QED) is 0.107. The summed E-state index contributed by atoms with van der Waals surface area (Å²) < 4.78 is 11.2. The molecule has 10 heteroatoms. The normalized spacial score (nSPS) is 16.2. The number of ether oxygens (including phenoxy) is 2. The first kappa shape index (κ1) is 36.1. The van der Waals surface area contributed by atoms with Crippen molar-refractivity contribution >= 4 is 29.4 Å². The molecule has 4 aromatic carbocycles. The molecule has 1 aliphatic rings. The zero-order chi connectivity index (χ0) is 35.1. The minimum absolute atomic E-state index is 0.0241. The number of anilines is 2. The third-order valence-corrected chi connectivity index (χ3v) is 8.94. The Balaban J connectivity index is 1.19. The Morgan fingerprint density at radius 1 is 0.780 bits per heavy atom. The van der Waals surface area contributed by atoms with Gasteiger partial charge in [0.25, 0.3) is 0 Å². The first-order chi connectivity index (χ1) is 24.4. The number of benzene rings is 4. The fourth-order valence-corrected chi connectivity index (χ4v) is 6.33. The number of carbonyl (C=O) groups excluding carboxylic acids is 3. The second-order valence-electron chi connectivity index (χ2n) is 12.3. The lowest BCUT2D eigenvalue weighted by Gasteiger charge is -2.31. The summed E-state index contributed by atoms with van der Waals surface area (Å²) in [5.74, 6) is -0.801. The number of para-hydroxylation sites is 2. The number of hydrogen-bond acceptors (Lipinski definition) is 6. The van der Waals surface area contributed by atoms with Gasteiger partial charge < -0.3 is 36.1 Å². The van der Waals surface area contributed by atoms with Crippen LogP contribution in [0.3, 0.4) is 0 Å². The highest BCUT2D eigenvalue weighted by Crippen LogP contribution is 2.30. The van der Waals surface area contributed by atoms with Crippen molar-refractivity contribution in [1.82, 2.24) is 16.0 Å². The number of urea groups is 1. The predicted molar refractivity (Wildman–Crippen MR) is 196 cm³/mol. The van der Waals surface area contributed by atoms with Crippen LogP contribution in [0.2, 0.25) is 0 Å². The number of aryl methyl sites for hydroxylation is 2. The van der Waals surface area contributed by atoms with Crippen LogP contribution in [-0.2, 0) is 27.1 Å². The van der Waals surface area contributed by atoms with Gasteiger partial charge in [-0.25, -0.2) is 9.59 Å². The van der Waals surface area contributed by atoms with Crippen molar-refractivity contribution in [2.24, 2.45) is 0 Å². The first-order valence-corrected chi connectivity index (χ1v) is 17.3. The zero-order valence-electron chi connectivity index (χ0n) is 28.7. The topological polar surface area (TPSA) is 130 Å². The Morgan fingerprint density at radius 3 is 1.90 bits per heavy atom. The lowest BCUT2D eigenvalue weighted by atomic mass is 9.84. The second kappa shape index (κ2) is 18.5. The molecule has 1 heterocycles. The molecule has 0 saturated carbocycles. The van der Waals surface area contributed by atoms with Gasteiger partial charge in [0, 0.05) is 36.4 Å². The third kappa shape index (κ3) is 10.2. The summed E-state index contributed by atoms with van der Waals surface area (Å²) in [4.78, 5) is 38.7. The minimum Gasteiger partial charge on any atom is -0.453 e. The molecular formula is C40H47N5O5. The maximum atomic E-state index is 14.1. The van der Waals surface area contributed by atoms with Gasteiger partial charge in [0.05, 0.1) is 19.8 Å². The first-order valence-electron chi connectivity index (χ1n) is 17.3. The highest BCUT2D eigenvalue weighted by atomic mass is 16.5. The number of amides is 4. The van der Waals surface area contributed by atoms with E-state index >= 15 is 0 Å². The van der Waals surface area contributed by atoms with Crippen molar-refractivity contribution in [2.45, 2.75) is 56.7 Å². The summed E-state index contributed by atoms with van der Waals surface area (Å²) in [6.45, 7) is 3.77. The van der Waals surface area contributed by atoms with E-state index in [1.165, 1.54) is 7.11 Å². The SMILES string of the molecule is CCNC(=O)Nc1ccccc1CC[C@@H]1CO[C@H](CCc2ccccc2NC(=O)[C@@H](NC(=O)OC)C(c2ccccc2)c2ccccc2)CN1. The fraction of sp³-hybridized carbons (Fsp3) is 0.325.